The van der Waals surface area contributed by atoms with Crippen LogP contribution in [0.15, 0.2) is 33.6 Å². The normalized spacial score (nSPS) is 15.3. The van der Waals surface area contributed by atoms with Crippen molar-refractivity contribution >= 4 is 68.1 Å². The highest BCUT2D eigenvalue weighted by atomic mass is 79.9. The highest BCUT2D eigenvalue weighted by Gasteiger charge is 2.31. The minimum absolute atomic E-state index is 0.0754. The largest absolute Gasteiger partial charge is 0.481 e. The average Bonchev–Trinajstić information content (AvgIpc) is 2.90. The SMILES string of the molecule is O=C(O)CCNC(=O)CCCCCN1C(=O)/C(=C/c2ccc(Br)cc2)SC1=S. The van der Waals surface area contributed by atoms with Crippen LogP contribution in [0.1, 0.15) is 37.7 Å². The molecule has 1 saturated heterocycles. The molecular weight excluding hydrogens is 464 g/mol. The molecule has 0 atom stereocenters. The molecule has 28 heavy (non-hydrogen) atoms. The number of thiocarbonyl (C=S) groups is 1. The summed E-state index contributed by atoms with van der Waals surface area (Å²) >= 11 is 10.0. The maximum Gasteiger partial charge on any atom is 0.305 e. The topological polar surface area (TPSA) is 86.7 Å². The van der Waals surface area contributed by atoms with Gasteiger partial charge in [0.25, 0.3) is 5.91 Å². The lowest BCUT2D eigenvalue weighted by atomic mass is 10.1. The number of carboxylic acid groups (broad SMARTS) is 1. The van der Waals surface area contributed by atoms with E-state index in [-0.39, 0.29) is 24.8 Å². The summed E-state index contributed by atoms with van der Waals surface area (Å²) in [5.74, 6) is -1.16. The summed E-state index contributed by atoms with van der Waals surface area (Å²) in [5.41, 5.74) is 0.942. The summed E-state index contributed by atoms with van der Waals surface area (Å²) < 4.78 is 1.53. The predicted octanol–water partition coefficient (Wildman–Crippen LogP) is 3.80. The molecular formula is C19H21BrN2O4S2. The number of carboxylic acids is 1. The van der Waals surface area contributed by atoms with Crippen molar-refractivity contribution in [1.82, 2.24) is 10.2 Å². The lowest BCUT2D eigenvalue weighted by molar-refractivity contribution is -0.137. The van der Waals surface area contributed by atoms with Gasteiger partial charge in [-0.3, -0.25) is 19.3 Å². The van der Waals surface area contributed by atoms with Crippen molar-refractivity contribution in [3.8, 4) is 0 Å². The van der Waals surface area contributed by atoms with Crippen LogP contribution < -0.4 is 5.32 Å². The second-order valence-electron chi connectivity index (χ2n) is 6.19. The molecule has 1 heterocycles. The summed E-state index contributed by atoms with van der Waals surface area (Å²) in [5, 5.41) is 11.1. The summed E-state index contributed by atoms with van der Waals surface area (Å²) in [7, 11) is 0. The zero-order chi connectivity index (χ0) is 20.5. The van der Waals surface area contributed by atoms with Crippen LogP contribution >= 0.6 is 39.9 Å². The fourth-order valence-electron chi connectivity index (χ4n) is 2.53. The van der Waals surface area contributed by atoms with Gasteiger partial charge in [0.15, 0.2) is 0 Å². The Balaban J connectivity index is 1.72. The fourth-order valence-corrected chi connectivity index (χ4v) is 4.11. The van der Waals surface area contributed by atoms with Gasteiger partial charge in [-0.15, -0.1) is 0 Å². The number of amides is 2. The third kappa shape index (κ3) is 7.37. The number of aliphatic carboxylic acids is 1. The summed E-state index contributed by atoms with van der Waals surface area (Å²) in [6.45, 7) is 0.679. The van der Waals surface area contributed by atoms with E-state index >= 15 is 0 Å². The zero-order valence-electron chi connectivity index (χ0n) is 15.2. The van der Waals surface area contributed by atoms with Gasteiger partial charge in [-0.25, -0.2) is 0 Å². The number of rotatable bonds is 10. The van der Waals surface area contributed by atoms with Crippen molar-refractivity contribution < 1.29 is 19.5 Å². The van der Waals surface area contributed by atoms with Gasteiger partial charge in [0.2, 0.25) is 5.91 Å². The van der Waals surface area contributed by atoms with E-state index in [1.165, 1.54) is 11.8 Å². The maximum atomic E-state index is 12.6. The molecule has 0 unspecified atom stereocenters. The molecule has 9 heteroatoms. The quantitative estimate of drug-likeness (QED) is 0.298. The van der Waals surface area contributed by atoms with Gasteiger partial charge in [0.05, 0.1) is 11.3 Å². The van der Waals surface area contributed by atoms with Crippen molar-refractivity contribution in [3.63, 3.8) is 0 Å². The van der Waals surface area contributed by atoms with Gasteiger partial charge in [-0.05, 0) is 36.6 Å². The van der Waals surface area contributed by atoms with Gasteiger partial charge >= 0.3 is 5.97 Å². The Labute approximate surface area is 181 Å². The van der Waals surface area contributed by atoms with Crippen LogP contribution in [0.4, 0.5) is 0 Å². The van der Waals surface area contributed by atoms with Crippen LogP contribution in [0.2, 0.25) is 0 Å². The van der Waals surface area contributed by atoms with E-state index in [1.54, 1.807) is 4.90 Å². The molecule has 0 bridgehead atoms. The Morgan fingerprint density at radius 3 is 2.57 bits per heavy atom. The Bertz CT molecular complexity index is 781. The smallest absolute Gasteiger partial charge is 0.305 e. The van der Waals surface area contributed by atoms with E-state index < -0.39 is 5.97 Å². The van der Waals surface area contributed by atoms with Crippen molar-refractivity contribution in [2.75, 3.05) is 13.1 Å². The van der Waals surface area contributed by atoms with Gasteiger partial charge in [0, 0.05) is 24.0 Å². The molecule has 150 valence electrons. The van der Waals surface area contributed by atoms with E-state index in [9.17, 15) is 14.4 Å². The third-order valence-corrected chi connectivity index (χ3v) is 5.89. The molecule has 2 rings (SSSR count). The first-order valence-electron chi connectivity index (χ1n) is 8.86. The van der Waals surface area contributed by atoms with Crippen molar-refractivity contribution in [3.05, 3.63) is 39.2 Å². The van der Waals surface area contributed by atoms with Gasteiger partial charge < -0.3 is 10.4 Å². The minimum atomic E-state index is -0.932. The fraction of sp³-hybridized carbons (Fsp3) is 0.368. The van der Waals surface area contributed by atoms with Crippen LogP contribution in [0.3, 0.4) is 0 Å². The van der Waals surface area contributed by atoms with Crippen LogP contribution in [-0.2, 0) is 14.4 Å². The number of nitrogens with zero attached hydrogens (tertiary/aromatic N) is 1. The molecule has 0 saturated carbocycles. The zero-order valence-corrected chi connectivity index (χ0v) is 18.4. The van der Waals surface area contributed by atoms with Crippen LogP contribution in [0.25, 0.3) is 6.08 Å². The lowest BCUT2D eigenvalue weighted by Gasteiger charge is -2.14. The number of hydrogen-bond acceptors (Lipinski definition) is 5. The number of benzene rings is 1. The Hall–Kier alpha value is -1.71. The monoisotopic (exact) mass is 484 g/mol. The summed E-state index contributed by atoms with van der Waals surface area (Å²) in [6.07, 6.45) is 4.33. The summed E-state index contributed by atoms with van der Waals surface area (Å²) in [6, 6.07) is 7.70. The molecule has 1 aliphatic rings. The Morgan fingerprint density at radius 1 is 1.18 bits per heavy atom. The highest BCUT2D eigenvalue weighted by Crippen LogP contribution is 2.32. The van der Waals surface area contributed by atoms with Crippen molar-refractivity contribution in [2.45, 2.75) is 32.1 Å². The van der Waals surface area contributed by atoms with Crippen molar-refractivity contribution in [1.29, 1.82) is 0 Å². The number of unbranched alkanes of at least 4 members (excludes halogenated alkanes) is 2. The number of halogens is 1. The van der Waals surface area contributed by atoms with Crippen LogP contribution in [-0.4, -0.2) is 45.2 Å². The molecule has 2 N–H and O–H groups in total. The highest BCUT2D eigenvalue weighted by molar-refractivity contribution is 9.10. The first-order valence-corrected chi connectivity index (χ1v) is 10.9. The molecule has 1 fully saturated rings. The van der Waals surface area contributed by atoms with E-state index in [4.69, 9.17) is 17.3 Å². The Morgan fingerprint density at radius 2 is 1.89 bits per heavy atom. The predicted molar refractivity (Wildman–Crippen MR) is 118 cm³/mol. The molecule has 0 spiro atoms. The molecule has 1 aliphatic heterocycles. The number of carbonyl (C=O) groups is 3. The van der Waals surface area contributed by atoms with Gasteiger partial charge in [0.1, 0.15) is 4.32 Å². The van der Waals surface area contributed by atoms with E-state index in [0.717, 1.165) is 22.9 Å². The molecule has 0 aliphatic carbocycles. The second kappa shape index (κ2) is 11.3. The summed E-state index contributed by atoms with van der Waals surface area (Å²) in [4.78, 5) is 36.8. The van der Waals surface area contributed by atoms with Crippen LogP contribution in [0, 0.1) is 0 Å². The van der Waals surface area contributed by atoms with Crippen LogP contribution in [0.5, 0.6) is 0 Å². The van der Waals surface area contributed by atoms with Crippen molar-refractivity contribution in [2.24, 2.45) is 0 Å². The maximum absolute atomic E-state index is 12.6. The molecule has 0 radical (unpaired) electrons. The average molecular weight is 485 g/mol. The number of hydrogen-bond donors (Lipinski definition) is 2. The van der Waals surface area contributed by atoms with E-state index in [0.29, 0.717) is 28.6 Å². The molecule has 1 aromatic rings. The number of nitrogens with one attached hydrogen (secondary N) is 1. The molecule has 2 amide bonds. The molecule has 0 aromatic heterocycles. The number of thioether (sulfide) groups is 1. The first-order chi connectivity index (χ1) is 13.4. The molecule has 6 nitrogen and oxygen atoms in total. The van der Waals surface area contributed by atoms with Gasteiger partial charge in [-0.2, -0.15) is 0 Å². The van der Waals surface area contributed by atoms with E-state index in [2.05, 4.69) is 21.2 Å². The lowest BCUT2D eigenvalue weighted by Crippen LogP contribution is -2.29. The van der Waals surface area contributed by atoms with E-state index in [1.807, 2.05) is 30.3 Å². The molecule has 1 aromatic carbocycles. The number of carbonyl (C=O) groups excluding carboxylic acids is 2. The standard InChI is InChI=1S/C19H21BrN2O4S2/c20-14-7-5-13(6-8-14)12-15-18(26)22(19(27)28-15)11-3-1-2-4-16(23)21-10-9-17(24)25/h5-8,12H,1-4,9-11H2,(H,21,23)(H,24,25)/b15-12-. The minimum Gasteiger partial charge on any atom is -0.481 e. The first kappa shape index (κ1) is 22.6. The second-order valence-corrected chi connectivity index (χ2v) is 8.78. The van der Waals surface area contributed by atoms with Gasteiger partial charge in [-0.1, -0.05) is 58.5 Å². The Kier molecular flexibility index (Phi) is 9.14. The third-order valence-electron chi connectivity index (χ3n) is 3.99.